The van der Waals surface area contributed by atoms with Crippen molar-refractivity contribution in [3.05, 3.63) is 36.5 Å². The number of rotatable bonds is 3. The number of carbonyl (C=O) groups is 1. The van der Waals surface area contributed by atoms with Crippen LogP contribution in [-0.4, -0.2) is 47.2 Å². The van der Waals surface area contributed by atoms with Crippen LogP contribution < -0.4 is 4.74 Å². The van der Waals surface area contributed by atoms with Crippen LogP contribution in [0, 0.1) is 5.92 Å². The summed E-state index contributed by atoms with van der Waals surface area (Å²) in [6, 6.07) is 5.80. The molecule has 1 aromatic rings. The smallest absolute Gasteiger partial charge is 0.226 e. The lowest BCUT2D eigenvalue weighted by Gasteiger charge is -2.40. The number of hydrogen-bond donors (Lipinski definition) is 0. The summed E-state index contributed by atoms with van der Waals surface area (Å²) in [6.07, 6.45) is 9.49. The summed E-state index contributed by atoms with van der Waals surface area (Å²) < 4.78 is 12.0. The molecule has 5 nitrogen and oxygen atoms in total. The quantitative estimate of drug-likeness (QED) is 0.803. The Hall–Kier alpha value is -1.88. The van der Waals surface area contributed by atoms with Gasteiger partial charge in [0, 0.05) is 24.7 Å². The number of carbonyl (C=O) groups excluding carboxylic acids is 1. The highest BCUT2D eigenvalue weighted by atomic mass is 16.5. The molecule has 1 aliphatic heterocycles. The van der Waals surface area contributed by atoms with Gasteiger partial charge in [0.2, 0.25) is 11.8 Å². The molecule has 4 rings (SSSR count). The monoisotopic (exact) mass is 314 g/mol. The van der Waals surface area contributed by atoms with Crippen LogP contribution in [0.2, 0.25) is 0 Å². The molecule has 0 N–H and O–H groups in total. The van der Waals surface area contributed by atoms with Crippen molar-refractivity contribution in [1.82, 2.24) is 9.88 Å². The predicted octanol–water partition coefficient (Wildman–Crippen LogP) is 2.18. The van der Waals surface area contributed by atoms with Gasteiger partial charge in [-0.2, -0.15) is 0 Å². The van der Waals surface area contributed by atoms with Crippen molar-refractivity contribution < 1.29 is 14.3 Å². The molecule has 2 heterocycles. The van der Waals surface area contributed by atoms with Crippen LogP contribution in [0.1, 0.15) is 25.7 Å². The van der Waals surface area contributed by atoms with E-state index >= 15 is 0 Å². The maximum Gasteiger partial charge on any atom is 0.226 e. The Morgan fingerprint density at radius 2 is 2.13 bits per heavy atom. The number of amides is 1. The summed E-state index contributed by atoms with van der Waals surface area (Å²) in [5.74, 6) is 1.04. The van der Waals surface area contributed by atoms with Crippen LogP contribution in [0.25, 0.3) is 0 Å². The van der Waals surface area contributed by atoms with Gasteiger partial charge in [-0.3, -0.25) is 4.79 Å². The predicted molar refractivity (Wildman–Crippen MR) is 85.0 cm³/mol. The van der Waals surface area contributed by atoms with E-state index in [0.29, 0.717) is 19.0 Å². The van der Waals surface area contributed by atoms with Gasteiger partial charge in [0.05, 0.1) is 12.6 Å². The van der Waals surface area contributed by atoms with E-state index in [0.717, 1.165) is 25.7 Å². The molecule has 1 amide bonds. The van der Waals surface area contributed by atoms with Crippen molar-refractivity contribution in [2.45, 2.75) is 43.9 Å². The minimum atomic E-state index is -0.0379. The molecule has 1 saturated heterocycles. The lowest BCUT2D eigenvalue weighted by molar-refractivity contribution is -0.151. The summed E-state index contributed by atoms with van der Waals surface area (Å²) in [6.45, 7) is 1.29. The van der Waals surface area contributed by atoms with Crippen LogP contribution in [-0.2, 0) is 9.53 Å². The van der Waals surface area contributed by atoms with Gasteiger partial charge in [-0.05, 0) is 31.7 Å². The number of fused-ring (bicyclic) bond motifs is 1. The van der Waals surface area contributed by atoms with Gasteiger partial charge in [0.25, 0.3) is 0 Å². The normalized spacial score (nSPS) is 30.4. The number of morpholine rings is 1. The summed E-state index contributed by atoms with van der Waals surface area (Å²) in [5.41, 5.74) is 0. The van der Waals surface area contributed by atoms with E-state index < -0.39 is 0 Å². The first-order chi connectivity index (χ1) is 11.3. The van der Waals surface area contributed by atoms with Crippen LogP contribution in [0.15, 0.2) is 36.5 Å². The van der Waals surface area contributed by atoms with Crippen molar-refractivity contribution in [3.63, 3.8) is 0 Å². The van der Waals surface area contributed by atoms with E-state index in [2.05, 4.69) is 17.1 Å². The molecule has 2 fully saturated rings. The van der Waals surface area contributed by atoms with Crippen LogP contribution in [0.4, 0.5) is 0 Å². The Morgan fingerprint density at radius 3 is 2.91 bits per heavy atom. The van der Waals surface area contributed by atoms with Gasteiger partial charge < -0.3 is 14.4 Å². The molecule has 0 radical (unpaired) electrons. The lowest BCUT2D eigenvalue weighted by Crippen LogP contribution is -2.55. The Bertz CT molecular complexity index is 581. The molecular formula is C18H22N2O3. The maximum absolute atomic E-state index is 12.8. The molecule has 1 saturated carbocycles. The maximum atomic E-state index is 12.8. The standard InChI is InChI=1S/C18H22N2O3/c21-18(13-5-1-2-6-13)20-11-12-22-17-14(20)8-9-15(17)23-16-7-3-4-10-19-16/h1-4,7,10,13-15,17H,5-6,8-9,11-12H2/t14-,15-,17+/m0/s1. The third-order valence-electron chi connectivity index (χ3n) is 5.09. The third-order valence-corrected chi connectivity index (χ3v) is 5.09. The topological polar surface area (TPSA) is 51.7 Å². The largest absolute Gasteiger partial charge is 0.471 e. The highest BCUT2D eigenvalue weighted by Crippen LogP contribution is 2.34. The molecule has 0 aromatic carbocycles. The molecule has 0 spiro atoms. The van der Waals surface area contributed by atoms with Crippen molar-refractivity contribution >= 4 is 5.91 Å². The SMILES string of the molecule is O=C(C1CC=CC1)N1CCO[C@H]2[C@@H](Oc3ccccn3)CC[C@@H]21. The van der Waals surface area contributed by atoms with Crippen molar-refractivity contribution in [2.24, 2.45) is 5.92 Å². The second kappa shape index (κ2) is 6.32. The minimum absolute atomic E-state index is 0.0211. The second-order valence-electron chi connectivity index (χ2n) is 6.48. The van der Waals surface area contributed by atoms with Crippen molar-refractivity contribution in [1.29, 1.82) is 0 Å². The number of hydrogen-bond acceptors (Lipinski definition) is 4. The Kier molecular flexibility index (Phi) is 4.04. The van der Waals surface area contributed by atoms with Gasteiger partial charge in [-0.1, -0.05) is 18.2 Å². The number of pyridine rings is 1. The number of nitrogens with zero attached hydrogens (tertiary/aromatic N) is 2. The zero-order chi connectivity index (χ0) is 15.6. The highest BCUT2D eigenvalue weighted by molar-refractivity contribution is 5.80. The van der Waals surface area contributed by atoms with Gasteiger partial charge in [-0.25, -0.2) is 4.98 Å². The fourth-order valence-corrected chi connectivity index (χ4v) is 3.94. The van der Waals surface area contributed by atoms with E-state index in [-0.39, 0.29) is 30.1 Å². The van der Waals surface area contributed by atoms with Crippen LogP contribution in [0.5, 0.6) is 5.88 Å². The average Bonchev–Trinajstić information content (AvgIpc) is 3.25. The molecule has 3 aliphatic rings. The zero-order valence-electron chi connectivity index (χ0n) is 13.1. The number of allylic oxidation sites excluding steroid dienone is 2. The lowest BCUT2D eigenvalue weighted by atomic mass is 10.0. The molecule has 3 atom stereocenters. The first-order valence-corrected chi connectivity index (χ1v) is 8.48. The van der Waals surface area contributed by atoms with Gasteiger partial charge in [0.15, 0.2) is 0 Å². The van der Waals surface area contributed by atoms with E-state index in [1.54, 1.807) is 6.20 Å². The van der Waals surface area contributed by atoms with Gasteiger partial charge in [0.1, 0.15) is 12.2 Å². The number of ether oxygens (including phenoxy) is 2. The van der Waals surface area contributed by atoms with E-state index in [1.165, 1.54) is 0 Å². The average molecular weight is 314 g/mol. The summed E-state index contributed by atoms with van der Waals surface area (Å²) in [4.78, 5) is 19.1. The summed E-state index contributed by atoms with van der Waals surface area (Å²) >= 11 is 0. The van der Waals surface area contributed by atoms with Crippen molar-refractivity contribution in [3.8, 4) is 5.88 Å². The van der Waals surface area contributed by atoms with E-state index in [1.807, 2.05) is 23.1 Å². The van der Waals surface area contributed by atoms with Crippen LogP contribution in [0.3, 0.4) is 0 Å². The zero-order valence-corrected chi connectivity index (χ0v) is 13.1. The molecule has 0 unspecified atom stereocenters. The first kappa shape index (κ1) is 14.7. The molecular weight excluding hydrogens is 292 g/mol. The molecule has 5 heteroatoms. The molecule has 1 aromatic heterocycles. The summed E-state index contributed by atoms with van der Waals surface area (Å²) in [7, 11) is 0. The Balaban J connectivity index is 1.45. The van der Waals surface area contributed by atoms with Gasteiger partial charge in [-0.15, -0.1) is 0 Å². The molecule has 0 bridgehead atoms. The second-order valence-corrected chi connectivity index (χ2v) is 6.48. The van der Waals surface area contributed by atoms with E-state index in [9.17, 15) is 4.79 Å². The summed E-state index contributed by atoms with van der Waals surface area (Å²) in [5, 5.41) is 0. The Morgan fingerprint density at radius 1 is 1.26 bits per heavy atom. The first-order valence-electron chi connectivity index (χ1n) is 8.48. The third kappa shape index (κ3) is 2.85. The minimum Gasteiger partial charge on any atom is -0.471 e. The van der Waals surface area contributed by atoms with Crippen molar-refractivity contribution in [2.75, 3.05) is 13.2 Å². The molecule has 23 heavy (non-hydrogen) atoms. The Labute approximate surface area is 136 Å². The van der Waals surface area contributed by atoms with Crippen LogP contribution >= 0.6 is 0 Å². The molecule has 122 valence electrons. The number of aromatic nitrogens is 1. The van der Waals surface area contributed by atoms with E-state index in [4.69, 9.17) is 9.47 Å². The fourth-order valence-electron chi connectivity index (χ4n) is 3.94. The molecule has 2 aliphatic carbocycles. The highest BCUT2D eigenvalue weighted by Gasteiger charge is 2.46. The van der Waals surface area contributed by atoms with Gasteiger partial charge >= 0.3 is 0 Å². The fraction of sp³-hybridized carbons (Fsp3) is 0.556.